The van der Waals surface area contributed by atoms with Crippen molar-refractivity contribution in [3.8, 4) is 0 Å². The summed E-state index contributed by atoms with van der Waals surface area (Å²) in [5.41, 5.74) is 3.04. The SMILES string of the molecule is CC[C@H](C(=O)NC(C)C)N(Cc1ccc(Cl)cc1Cl)C(=O)CCc1ccc(C)cc1. The second-order valence-corrected chi connectivity index (χ2v) is 8.67. The Morgan fingerprint density at radius 3 is 2.30 bits per heavy atom. The number of amides is 2. The fourth-order valence-electron chi connectivity index (χ4n) is 3.28. The van der Waals surface area contributed by atoms with Crippen molar-refractivity contribution in [2.24, 2.45) is 0 Å². The lowest BCUT2D eigenvalue weighted by Gasteiger charge is -2.31. The number of hydrogen-bond donors (Lipinski definition) is 1. The van der Waals surface area contributed by atoms with E-state index in [-0.39, 0.29) is 24.4 Å². The second-order valence-electron chi connectivity index (χ2n) is 7.83. The Balaban J connectivity index is 2.24. The van der Waals surface area contributed by atoms with E-state index in [0.717, 1.165) is 11.1 Å². The molecule has 0 heterocycles. The van der Waals surface area contributed by atoms with Gasteiger partial charge in [-0.15, -0.1) is 0 Å². The molecule has 4 nitrogen and oxygen atoms in total. The van der Waals surface area contributed by atoms with E-state index >= 15 is 0 Å². The van der Waals surface area contributed by atoms with Crippen LogP contribution in [0.4, 0.5) is 0 Å². The summed E-state index contributed by atoms with van der Waals surface area (Å²) in [6.07, 6.45) is 1.45. The van der Waals surface area contributed by atoms with Gasteiger partial charge in [0.25, 0.3) is 0 Å². The molecule has 0 aliphatic rings. The van der Waals surface area contributed by atoms with Crippen molar-refractivity contribution in [2.45, 2.75) is 65.6 Å². The van der Waals surface area contributed by atoms with E-state index in [1.165, 1.54) is 5.56 Å². The van der Waals surface area contributed by atoms with Crippen LogP contribution in [0.5, 0.6) is 0 Å². The monoisotopic (exact) mass is 448 g/mol. The third-order valence-corrected chi connectivity index (χ3v) is 5.51. The molecule has 0 spiro atoms. The molecule has 0 aliphatic heterocycles. The smallest absolute Gasteiger partial charge is 0.243 e. The molecule has 0 saturated carbocycles. The van der Waals surface area contributed by atoms with E-state index in [1.54, 1.807) is 23.1 Å². The summed E-state index contributed by atoms with van der Waals surface area (Å²) in [5, 5.41) is 3.95. The summed E-state index contributed by atoms with van der Waals surface area (Å²) in [6.45, 7) is 8.02. The number of carbonyl (C=O) groups excluding carboxylic acids is 2. The van der Waals surface area contributed by atoms with Crippen molar-refractivity contribution in [1.82, 2.24) is 10.2 Å². The van der Waals surface area contributed by atoms with Crippen molar-refractivity contribution >= 4 is 35.0 Å². The topological polar surface area (TPSA) is 49.4 Å². The molecular formula is C24H30Cl2N2O2. The quantitative estimate of drug-likeness (QED) is 0.545. The van der Waals surface area contributed by atoms with E-state index in [9.17, 15) is 9.59 Å². The van der Waals surface area contributed by atoms with E-state index in [2.05, 4.69) is 5.32 Å². The Hall–Kier alpha value is -2.04. The van der Waals surface area contributed by atoms with E-state index in [1.807, 2.05) is 52.0 Å². The molecular weight excluding hydrogens is 419 g/mol. The van der Waals surface area contributed by atoms with Gasteiger partial charge in [-0.3, -0.25) is 9.59 Å². The first-order chi connectivity index (χ1) is 14.2. The van der Waals surface area contributed by atoms with Crippen molar-refractivity contribution < 1.29 is 9.59 Å². The molecule has 0 fully saturated rings. The van der Waals surface area contributed by atoms with Crippen LogP contribution in [0.2, 0.25) is 10.0 Å². The normalized spacial score (nSPS) is 12.0. The molecule has 6 heteroatoms. The zero-order valence-corrected chi connectivity index (χ0v) is 19.6. The fourth-order valence-corrected chi connectivity index (χ4v) is 3.75. The van der Waals surface area contributed by atoms with Crippen LogP contribution in [0, 0.1) is 6.92 Å². The lowest BCUT2D eigenvalue weighted by atomic mass is 10.0. The van der Waals surface area contributed by atoms with Crippen LogP contribution in [-0.4, -0.2) is 28.8 Å². The van der Waals surface area contributed by atoms with Crippen molar-refractivity contribution in [3.63, 3.8) is 0 Å². The van der Waals surface area contributed by atoms with Gasteiger partial charge in [-0.1, -0.05) is 66.0 Å². The molecule has 2 rings (SSSR count). The number of nitrogens with zero attached hydrogens (tertiary/aromatic N) is 1. The summed E-state index contributed by atoms with van der Waals surface area (Å²) in [4.78, 5) is 27.7. The minimum atomic E-state index is -0.565. The Kier molecular flexibility index (Phi) is 9.19. The molecule has 0 aliphatic carbocycles. The molecule has 0 radical (unpaired) electrons. The lowest BCUT2D eigenvalue weighted by molar-refractivity contribution is -0.141. The van der Waals surface area contributed by atoms with Gasteiger partial charge in [0.1, 0.15) is 6.04 Å². The van der Waals surface area contributed by atoms with Gasteiger partial charge < -0.3 is 10.2 Å². The van der Waals surface area contributed by atoms with Crippen LogP contribution in [0.3, 0.4) is 0 Å². The van der Waals surface area contributed by atoms with Gasteiger partial charge in [0.2, 0.25) is 11.8 Å². The Morgan fingerprint density at radius 2 is 1.73 bits per heavy atom. The average Bonchev–Trinajstić information content (AvgIpc) is 2.68. The van der Waals surface area contributed by atoms with Crippen LogP contribution in [-0.2, 0) is 22.6 Å². The molecule has 0 bridgehead atoms. The van der Waals surface area contributed by atoms with Gasteiger partial charge in [-0.2, -0.15) is 0 Å². The molecule has 1 atom stereocenters. The third-order valence-electron chi connectivity index (χ3n) is 4.92. The van der Waals surface area contributed by atoms with Crippen LogP contribution < -0.4 is 5.32 Å². The van der Waals surface area contributed by atoms with Gasteiger partial charge in [-0.25, -0.2) is 0 Å². The lowest BCUT2D eigenvalue weighted by Crippen LogP contribution is -2.50. The van der Waals surface area contributed by atoms with Gasteiger partial charge in [0.15, 0.2) is 0 Å². The minimum Gasteiger partial charge on any atom is -0.352 e. The Bertz CT molecular complexity index is 866. The summed E-state index contributed by atoms with van der Waals surface area (Å²) in [5.74, 6) is -0.228. The molecule has 2 aromatic rings. The van der Waals surface area contributed by atoms with Crippen molar-refractivity contribution in [1.29, 1.82) is 0 Å². The Labute approximate surface area is 189 Å². The number of nitrogens with one attached hydrogen (secondary N) is 1. The summed E-state index contributed by atoms with van der Waals surface area (Å²) < 4.78 is 0. The van der Waals surface area contributed by atoms with Crippen LogP contribution in [0.15, 0.2) is 42.5 Å². The Morgan fingerprint density at radius 1 is 1.07 bits per heavy atom. The summed E-state index contributed by atoms with van der Waals surface area (Å²) in [7, 11) is 0. The van der Waals surface area contributed by atoms with Gasteiger partial charge in [0.05, 0.1) is 0 Å². The van der Waals surface area contributed by atoms with Gasteiger partial charge in [0, 0.05) is 29.1 Å². The third kappa shape index (κ3) is 7.03. The predicted molar refractivity (Wildman–Crippen MR) is 124 cm³/mol. The standard InChI is InChI=1S/C24H30Cl2N2O2/c1-5-22(24(30)27-16(2)3)28(15-19-11-12-20(25)14-21(19)26)23(29)13-10-18-8-6-17(4)7-9-18/h6-9,11-12,14,16,22H,5,10,13,15H2,1-4H3,(H,27,30)/t22-/m1/s1. The maximum atomic E-state index is 13.2. The van der Waals surface area contributed by atoms with E-state index in [4.69, 9.17) is 23.2 Å². The highest BCUT2D eigenvalue weighted by Gasteiger charge is 2.29. The molecule has 30 heavy (non-hydrogen) atoms. The van der Waals surface area contributed by atoms with Gasteiger partial charge in [-0.05, 0) is 56.9 Å². The zero-order valence-electron chi connectivity index (χ0n) is 18.0. The first-order valence-corrected chi connectivity index (χ1v) is 11.1. The van der Waals surface area contributed by atoms with Crippen molar-refractivity contribution in [2.75, 3.05) is 0 Å². The summed E-state index contributed by atoms with van der Waals surface area (Å²) >= 11 is 12.4. The number of aryl methyl sites for hydroxylation is 2. The number of benzene rings is 2. The molecule has 2 aromatic carbocycles. The highest BCUT2D eigenvalue weighted by molar-refractivity contribution is 6.35. The highest BCUT2D eigenvalue weighted by atomic mass is 35.5. The van der Waals surface area contributed by atoms with Crippen LogP contribution in [0.25, 0.3) is 0 Å². The number of hydrogen-bond acceptors (Lipinski definition) is 2. The molecule has 0 unspecified atom stereocenters. The van der Waals surface area contributed by atoms with Gasteiger partial charge >= 0.3 is 0 Å². The second kappa shape index (κ2) is 11.4. The largest absolute Gasteiger partial charge is 0.352 e. The van der Waals surface area contributed by atoms with E-state index < -0.39 is 6.04 Å². The van der Waals surface area contributed by atoms with Crippen molar-refractivity contribution in [3.05, 3.63) is 69.2 Å². The molecule has 2 amide bonds. The molecule has 0 aromatic heterocycles. The first-order valence-electron chi connectivity index (χ1n) is 10.3. The maximum absolute atomic E-state index is 13.2. The predicted octanol–water partition coefficient (Wildman–Crippen LogP) is 5.57. The number of rotatable bonds is 9. The first kappa shape index (κ1) is 24.2. The van der Waals surface area contributed by atoms with Crippen LogP contribution in [0.1, 0.15) is 50.3 Å². The molecule has 0 saturated heterocycles. The van der Waals surface area contributed by atoms with E-state index in [0.29, 0.717) is 29.3 Å². The fraction of sp³-hybridized carbons (Fsp3) is 0.417. The highest BCUT2D eigenvalue weighted by Crippen LogP contribution is 2.24. The molecule has 1 N–H and O–H groups in total. The summed E-state index contributed by atoms with van der Waals surface area (Å²) in [6, 6.07) is 12.8. The molecule has 162 valence electrons. The minimum absolute atomic E-state index is 0.00446. The average molecular weight is 449 g/mol. The number of halogens is 2. The maximum Gasteiger partial charge on any atom is 0.243 e. The zero-order chi connectivity index (χ0) is 22.3. The number of carbonyl (C=O) groups is 2. The van der Waals surface area contributed by atoms with Crippen LogP contribution >= 0.6 is 23.2 Å².